The number of hydrogen-bond acceptors (Lipinski definition) is 2. The van der Waals surface area contributed by atoms with Gasteiger partial charge in [0, 0.05) is 17.0 Å². The highest BCUT2D eigenvalue weighted by molar-refractivity contribution is 6.18. The Labute approximate surface area is 107 Å². The Balaban J connectivity index is 2.68. The van der Waals surface area contributed by atoms with Crippen LogP contribution in [0.3, 0.4) is 0 Å². The van der Waals surface area contributed by atoms with Crippen molar-refractivity contribution in [1.29, 1.82) is 0 Å². The van der Waals surface area contributed by atoms with Crippen molar-refractivity contribution in [2.45, 2.75) is 25.8 Å². The Bertz CT molecular complexity index is 391. The minimum absolute atomic E-state index is 0.0554. The lowest BCUT2D eigenvalue weighted by Gasteiger charge is -2.23. The summed E-state index contributed by atoms with van der Waals surface area (Å²) in [4.78, 5) is 11.8. The van der Waals surface area contributed by atoms with Gasteiger partial charge in [0.1, 0.15) is 5.75 Å². The maximum absolute atomic E-state index is 11.8. The van der Waals surface area contributed by atoms with E-state index in [0.29, 0.717) is 12.3 Å². The molecule has 0 aliphatic rings. The van der Waals surface area contributed by atoms with E-state index in [1.165, 1.54) is 0 Å². The number of halogens is 1. The van der Waals surface area contributed by atoms with Gasteiger partial charge in [-0.3, -0.25) is 4.79 Å². The molecule has 0 fully saturated rings. The lowest BCUT2D eigenvalue weighted by molar-refractivity contribution is -0.121. The fourth-order valence-corrected chi connectivity index (χ4v) is 1.54. The Morgan fingerprint density at radius 3 is 2.65 bits per heavy atom. The molecule has 0 aromatic heterocycles. The number of methoxy groups -OCH3 is 1. The largest absolute Gasteiger partial charge is 0.496 e. The SMILES string of the molecule is COc1ccccc1CC(=O)NC(C)(C)CCl. The fraction of sp³-hybridized carbons (Fsp3) is 0.462. The zero-order valence-electron chi connectivity index (χ0n) is 10.4. The molecule has 0 saturated carbocycles. The first-order chi connectivity index (χ1) is 7.98. The summed E-state index contributed by atoms with van der Waals surface area (Å²) >= 11 is 5.76. The van der Waals surface area contributed by atoms with Crippen LogP contribution >= 0.6 is 11.6 Å². The molecule has 1 aromatic rings. The zero-order valence-corrected chi connectivity index (χ0v) is 11.2. The molecule has 1 amide bonds. The molecule has 0 heterocycles. The normalized spacial score (nSPS) is 11.1. The molecule has 0 radical (unpaired) electrons. The van der Waals surface area contributed by atoms with Gasteiger partial charge in [0.25, 0.3) is 0 Å². The van der Waals surface area contributed by atoms with Gasteiger partial charge in [-0.2, -0.15) is 0 Å². The first kappa shape index (κ1) is 13.8. The van der Waals surface area contributed by atoms with Gasteiger partial charge in [-0.15, -0.1) is 11.6 Å². The van der Waals surface area contributed by atoms with Gasteiger partial charge >= 0.3 is 0 Å². The number of benzene rings is 1. The number of nitrogens with one attached hydrogen (secondary N) is 1. The number of hydrogen-bond donors (Lipinski definition) is 1. The molecule has 0 saturated heterocycles. The van der Waals surface area contributed by atoms with Crippen LogP contribution in [0.5, 0.6) is 5.75 Å². The molecule has 0 atom stereocenters. The van der Waals surface area contributed by atoms with Crippen LogP contribution in [-0.4, -0.2) is 24.4 Å². The summed E-state index contributed by atoms with van der Waals surface area (Å²) in [7, 11) is 1.60. The Morgan fingerprint density at radius 2 is 2.06 bits per heavy atom. The lowest BCUT2D eigenvalue weighted by atomic mass is 10.1. The van der Waals surface area contributed by atoms with Crippen LogP contribution in [-0.2, 0) is 11.2 Å². The smallest absolute Gasteiger partial charge is 0.225 e. The van der Waals surface area contributed by atoms with E-state index in [1.54, 1.807) is 7.11 Å². The van der Waals surface area contributed by atoms with Crippen LogP contribution < -0.4 is 10.1 Å². The minimum Gasteiger partial charge on any atom is -0.496 e. The summed E-state index contributed by atoms with van der Waals surface area (Å²) in [5.41, 5.74) is 0.485. The van der Waals surface area contributed by atoms with Gasteiger partial charge in [0.2, 0.25) is 5.91 Å². The molecule has 0 unspecified atom stereocenters. The van der Waals surface area contributed by atoms with Gasteiger partial charge in [-0.05, 0) is 19.9 Å². The molecule has 94 valence electrons. The molecule has 3 nitrogen and oxygen atoms in total. The van der Waals surface area contributed by atoms with Crippen molar-refractivity contribution in [2.75, 3.05) is 13.0 Å². The van der Waals surface area contributed by atoms with Crippen molar-refractivity contribution in [2.24, 2.45) is 0 Å². The predicted octanol–water partition coefficient (Wildman–Crippen LogP) is 2.37. The molecule has 4 heteroatoms. The standard InChI is InChI=1S/C13H18ClNO2/c1-13(2,9-14)15-12(16)8-10-6-4-5-7-11(10)17-3/h4-7H,8-9H2,1-3H3,(H,15,16). The quantitative estimate of drug-likeness (QED) is 0.821. The maximum atomic E-state index is 11.8. The first-order valence-corrected chi connectivity index (χ1v) is 6.01. The average Bonchev–Trinajstić information content (AvgIpc) is 2.29. The van der Waals surface area contributed by atoms with Crippen LogP contribution in [0.2, 0.25) is 0 Å². The van der Waals surface area contributed by atoms with E-state index in [0.717, 1.165) is 11.3 Å². The van der Waals surface area contributed by atoms with E-state index in [2.05, 4.69) is 5.32 Å². The number of para-hydroxylation sites is 1. The van der Waals surface area contributed by atoms with E-state index in [9.17, 15) is 4.79 Å². The number of amides is 1. The molecule has 1 aromatic carbocycles. The summed E-state index contributed by atoms with van der Waals surface area (Å²) in [5.74, 6) is 1.05. The molecule has 1 N–H and O–H groups in total. The minimum atomic E-state index is -0.388. The second kappa shape index (κ2) is 5.92. The van der Waals surface area contributed by atoms with Gasteiger partial charge in [-0.25, -0.2) is 0 Å². The highest BCUT2D eigenvalue weighted by Crippen LogP contribution is 2.18. The van der Waals surface area contributed by atoms with Crippen LogP contribution in [0.15, 0.2) is 24.3 Å². The number of ether oxygens (including phenoxy) is 1. The maximum Gasteiger partial charge on any atom is 0.225 e. The predicted molar refractivity (Wildman–Crippen MR) is 69.6 cm³/mol. The molecule has 1 rings (SSSR count). The monoisotopic (exact) mass is 255 g/mol. The molecule has 0 aliphatic carbocycles. The van der Waals surface area contributed by atoms with Gasteiger partial charge in [0.15, 0.2) is 0 Å². The molecule has 17 heavy (non-hydrogen) atoms. The van der Waals surface area contributed by atoms with Crippen molar-refractivity contribution in [1.82, 2.24) is 5.32 Å². The lowest BCUT2D eigenvalue weighted by Crippen LogP contribution is -2.45. The average molecular weight is 256 g/mol. The number of carbonyl (C=O) groups excluding carboxylic acids is 1. The van der Waals surface area contributed by atoms with Crippen LogP contribution in [0.4, 0.5) is 0 Å². The zero-order chi connectivity index (χ0) is 12.9. The summed E-state index contributed by atoms with van der Waals surface area (Å²) < 4.78 is 5.20. The third-order valence-corrected chi connectivity index (χ3v) is 3.02. The fourth-order valence-electron chi connectivity index (χ4n) is 1.48. The topological polar surface area (TPSA) is 38.3 Å². The Morgan fingerprint density at radius 1 is 1.41 bits per heavy atom. The molecule has 0 bridgehead atoms. The summed E-state index contributed by atoms with van der Waals surface area (Å²) in [5, 5.41) is 2.88. The summed E-state index contributed by atoms with van der Waals surface area (Å²) in [6.45, 7) is 3.78. The van der Waals surface area contributed by atoms with Crippen LogP contribution in [0.25, 0.3) is 0 Å². The van der Waals surface area contributed by atoms with Crippen molar-refractivity contribution >= 4 is 17.5 Å². The molecule has 0 spiro atoms. The molecular formula is C13H18ClNO2. The van der Waals surface area contributed by atoms with E-state index in [-0.39, 0.29) is 11.4 Å². The third-order valence-electron chi connectivity index (χ3n) is 2.36. The number of carbonyl (C=O) groups is 1. The Hall–Kier alpha value is -1.22. The van der Waals surface area contributed by atoms with Crippen molar-refractivity contribution in [3.05, 3.63) is 29.8 Å². The first-order valence-electron chi connectivity index (χ1n) is 5.47. The Kier molecular flexibility index (Phi) is 4.82. The highest BCUT2D eigenvalue weighted by atomic mass is 35.5. The van der Waals surface area contributed by atoms with E-state index < -0.39 is 0 Å². The van der Waals surface area contributed by atoms with E-state index >= 15 is 0 Å². The van der Waals surface area contributed by atoms with E-state index in [4.69, 9.17) is 16.3 Å². The van der Waals surface area contributed by atoms with Gasteiger partial charge < -0.3 is 10.1 Å². The summed E-state index contributed by atoms with van der Waals surface area (Å²) in [6, 6.07) is 7.49. The van der Waals surface area contributed by atoms with Gasteiger partial charge in [-0.1, -0.05) is 18.2 Å². The second-order valence-corrected chi connectivity index (χ2v) is 4.82. The van der Waals surface area contributed by atoms with Crippen LogP contribution in [0, 0.1) is 0 Å². The molecule has 0 aliphatic heterocycles. The molecular weight excluding hydrogens is 238 g/mol. The summed E-state index contributed by atoms with van der Waals surface area (Å²) in [6.07, 6.45) is 0.296. The second-order valence-electron chi connectivity index (χ2n) is 4.55. The number of rotatable bonds is 5. The van der Waals surface area contributed by atoms with Crippen molar-refractivity contribution in [3.63, 3.8) is 0 Å². The number of alkyl halides is 1. The third kappa shape index (κ3) is 4.27. The van der Waals surface area contributed by atoms with Crippen LogP contribution in [0.1, 0.15) is 19.4 Å². The van der Waals surface area contributed by atoms with Crippen molar-refractivity contribution < 1.29 is 9.53 Å². The highest BCUT2D eigenvalue weighted by Gasteiger charge is 2.19. The van der Waals surface area contributed by atoms with Gasteiger partial charge in [0.05, 0.1) is 13.5 Å². The van der Waals surface area contributed by atoms with E-state index in [1.807, 2.05) is 38.1 Å². The van der Waals surface area contributed by atoms with Crippen molar-refractivity contribution in [3.8, 4) is 5.75 Å².